The van der Waals surface area contributed by atoms with E-state index in [0.717, 1.165) is 28.9 Å². The molecule has 2 nitrogen and oxygen atoms in total. The van der Waals surface area contributed by atoms with E-state index in [-0.39, 0.29) is 5.82 Å². The van der Waals surface area contributed by atoms with Crippen LogP contribution in [-0.2, 0) is 6.42 Å². The number of benzene rings is 1. The van der Waals surface area contributed by atoms with Crippen LogP contribution in [0.15, 0.2) is 48.9 Å². The van der Waals surface area contributed by atoms with E-state index >= 15 is 0 Å². The summed E-state index contributed by atoms with van der Waals surface area (Å²) in [4.78, 5) is 3.86. The molecule has 1 aromatic heterocycles. The molecule has 2 heterocycles. The Labute approximate surface area is 98.8 Å². The fraction of sp³-hybridized carbons (Fsp3) is 0.0714. The zero-order valence-corrected chi connectivity index (χ0v) is 9.20. The third kappa shape index (κ3) is 1.80. The number of anilines is 1. The van der Waals surface area contributed by atoms with Gasteiger partial charge in [-0.15, -0.1) is 0 Å². The van der Waals surface area contributed by atoms with Crippen LogP contribution in [-0.4, -0.2) is 4.98 Å². The predicted octanol–water partition coefficient (Wildman–Crippen LogP) is 3.37. The number of allylic oxidation sites excluding steroid dienone is 1. The Balaban J connectivity index is 2.06. The molecule has 0 unspecified atom stereocenters. The average molecular weight is 226 g/mol. The minimum atomic E-state index is -0.314. The first-order chi connectivity index (χ1) is 8.22. The number of rotatable bonds is 1. The molecule has 17 heavy (non-hydrogen) atoms. The first-order valence-corrected chi connectivity index (χ1v) is 5.41. The molecule has 0 aliphatic carbocycles. The standard InChI is InChI=1S/C14H11FN2/c1-9-4-11-5-10(2-3-14(11)17-9)12-6-13(15)8-16-7-12/h2-3,5-8,17H,1,4H2. The highest BCUT2D eigenvalue weighted by molar-refractivity contribution is 5.71. The lowest BCUT2D eigenvalue weighted by Crippen LogP contribution is -1.87. The van der Waals surface area contributed by atoms with Gasteiger partial charge in [0.2, 0.25) is 0 Å². The van der Waals surface area contributed by atoms with Gasteiger partial charge in [0.25, 0.3) is 0 Å². The normalized spacial score (nSPS) is 13.4. The third-order valence-electron chi connectivity index (χ3n) is 2.86. The molecule has 1 N–H and O–H groups in total. The van der Waals surface area contributed by atoms with Crippen molar-refractivity contribution in [3.8, 4) is 11.1 Å². The van der Waals surface area contributed by atoms with Gasteiger partial charge in [0.1, 0.15) is 5.82 Å². The number of hydrogen-bond donors (Lipinski definition) is 1. The molecule has 0 atom stereocenters. The molecular weight excluding hydrogens is 215 g/mol. The molecule has 1 aliphatic heterocycles. The predicted molar refractivity (Wildman–Crippen MR) is 66.1 cm³/mol. The van der Waals surface area contributed by atoms with Gasteiger partial charge in [-0.1, -0.05) is 12.6 Å². The van der Waals surface area contributed by atoms with Gasteiger partial charge in [-0.2, -0.15) is 0 Å². The molecule has 0 fully saturated rings. The maximum absolute atomic E-state index is 13.1. The largest absolute Gasteiger partial charge is 0.359 e. The third-order valence-corrected chi connectivity index (χ3v) is 2.86. The summed E-state index contributed by atoms with van der Waals surface area (Å²) in [6, 6.07) is 7.50. The van der Waals surface area contributed by atoms with Gasteiger partial charge in [0.05, 0.1) is 6.20 Å². The maximum atomic E-state index is 13.1. The minimum Gasteiger partial charge on any atom is -0.359 e. The fourth-order valence-corrected chi connectivity index (χ4v) is 2.08. The number of fused-ring (bicyclic) bond motifs is 1. The van der Waals surface area contributed by atoms with E-state index < -0.39 is 0 Å². The van der Waals surface area contributed by atoms with Crippen LogP contribution in [0.3, 0.4) is 0 Å². The van der Waals surface area contributed by atoms with Crippen LogP contribution in [0.1, 0.15) is 5.56 Å². The summed E-state index contributed by atoms with van der Waals surface area (Å²) in [6.07, 6.45) is 3.70. The monoisotopic (exact) mass is 226 g/mol. The van der Waals surface area contributed by atoms with Crippen molar-refractivity contribution >= 4 is 5.69 Å². The molecule has 0 bridgehead atoms. The van der Waals surface area contributed by atoms with Gasteiger partial charge in [-0.3, -0.25) is 4.98 Å². The molecule has 3 heteroatoms. The van der Waals surface area contributed by atoms with Crippen molar-refractivity contribution in [3.63, 3.8) is 0 Å². The molecule has 3 rings (SSSR count). The van der Waals surface area contributed by atoms with E-state index in [9.17, 15) is 4.39 Å². The van der Waals surface area contributed by atoms with Crippen LogP contribution in [0.5, 0.6) is 0 Å². The number of aromatic nitrogens is 1. The Hall–Kier alpha value is -2.16. The molecule has 1 aliphatic rings. The van der Waals surface area contributed by atoms with Crippen molar-refractivity contribution < 1.29 is 4.39 Å². The van der Waals surface area contributed by atoms with Crippen LogP contribution in [0.25, 0.3) is 11.1 Å². The number of pyridine rings is 1. The zero-order chi connectivity index (χ0) is 11.8. The number of hydrogen-bond acceptors (Lipinski definition) is 2. The smallest absolute Gasteiger partial charge is 0.142 e. The summed E-state index contributed by atoms with van der Waals surface area (Å²) in [5, 5.41) is 3.20. The maximum Gasteiger partial charge on any atom is 0.142 e. The summed E-state index contributed by atoms with van der Waals surface area (Å²) in [5.74, 6) is -0.314. The molecular formula is C14H11FN2. The van der Waals surface area contributed by atoms with E-state index in [4.69, 9.17) is 0 Å². The summed E-state index contributed by atoms with van der Waals surface area (Å²) < 4.78 is 13.1. The molecule has 1 aromatic carbocycles. The van der Waals surface area contributed by atoms with Crippen molar-refractivity contribution in [3.05, 3.63) is 60.3 Å². The van der Waals surface area contributed by atoms with E-state index in [1.165, 1.54) is 17.8 Å². The fourth-order valence-electron chi connectivity index (χ4n) is 2.08. The van der Waals surface area contributed by atoms with Crippen LogP contribution in [0, 0.1) is 5.82 Å². The first-order valence-electron chi connectivity index (χ1n) is 5.41. The second-order valence-corrected chi connectivity index (χ2v) is 4.17. The summed E-state index contributed by atoms with van der Waals surface area (Å²) >= 11 is 0. The van der Waals surface area contributed by atoms with Crippen molar-refractivity contribution in [1.82, 2.24) is 4.98 Å². The van der Waals surface area contributed by atoms with Gasteiger partial charge >= 0.3 is 0 Å². The van der Waals surface area contributed by atoms with Crippen LogP contribution >= 0.6 is 0 Å². The van der Waals surface area contributed by atoms with Crippen molar-refractivity contribution in [1.29, 1.82) is 0 Å². The molecule has 2 aromatic rings. The Morgan fingerprint density at radius 1 is 1.18 bits per heavy atom. The van der Waals surface area contributed by atoms with Crippen molar-refractivity contribution in [2.24, 2.45) is 0 Å². The van der Waals surface area contributed by atoms with Gasteiger partial charge < -0.3 is 5.32 Å². The molecule has 0 spiro atoms. The van der Waals surface area contributed by atoms with Crippen molar-refractivity contribution in [2.45, 2.75) is 6.42 Å². The summed E-state index contributed by atoms with van der Waals surface area (Å²) in [6.45, 7) is 3.90. The molecule has 84 valence electrons. The quantitative estimate of drug-likeness (QED) is 0.806. The lowest BCUT2D eigenvalue weighted by Gasteiger charge is -2.04. The molecule has 0 amide bonds. The Morgan fingerprint density at radius 2 is 2.06 bits per heavy atom. The van der Waals surface area contributed by atoms with E-state index in [0.29, 0.717) is 0 Å². The Bertz CT molecular complexity index is 605. The summed E-state index contributed by atoms with van der Waals surface area (Å²) in [7, 11) is 0. The molecule has 0 saturated carbocycles. The molecule has 0 saturated heterocycles. The zero-order valence-electron chi connectivity index (χ0n) is 9.20. The van der Waals surface area contributed by atoms with Gasteiger partial charge in [0.15, 0.2) is 0 Å². The van der Waals surface area contributed by atoms with E-state index in [2.05, 4.69) is 22.9 Å². The first kappa shape index (κ1) is 10.0. The van der Waals surface area contributed by atoms with Crippen LogP contribution < -0.4 is 5.32 Å². The lowest BCUT2D eigenvalue weighted by atomic mass is 10.0. The van der Waals surface area contributed by atoms with Crippen molar-refractivity contribution in [2.75, 3.05) is 5.32 Å². The van der Waals surface area contributed by atoms with Crippen LogP contribution in [0.2, 0.25) is 0 Å². The summed E-state index contributed by atoms with van der Waals surface area (Å²) in [5.41, 5.74) is 5.05. The van der Waals surface area contributed by atoms with Crippen LogP contribution in [0.4, 0.5) is 10.1 Å². The number of nitrogens with one attached hydrogen (secondary N) is 1. The minimum absolute atomic E-state index is 0.314. The number of nitrogens with zero attached hydrogens (tertiary/aromatic N) is 1. The van der Waals surface area contributed by atoms with Gasteiger partial charge in [0, 0.05) is 29.6 Å². The highest BCUT2D eigenvalue weighted by atomic mass is 19.1. The highest BCUT2D eigenvalue weighted by Gasteiger charge is 2.13. The van der Waals surface area contributed by atoms with E-state index in [1.807, 2.05) is 12.1 Å². The Morgan fingerprint density at radius 3 is 2.88 bits per heavy atom. The second-order valence-electron chi connectivity index (χ2n) is 4.17. The lowest BCUT2D eigenvalue weighted by molar-refractivity contribution is 0.622. The van der Waals surface area contributed by atoms with Gasteiger partial charge in [-0.05, 0) is 29.3 Å². The Kier molecular flexibility index (Phi) is 2.18. The second kappa shape index (κ2) is 3.70. The topological polar surface area (TPSA) is 24.9 Å². The molecule has 0 radical (unpaired) electrons. The average Bonchev–Trinajstić information content (AvgIpc) is 2.68. The highest BCUT2D eigenvalue weighted by Crippen LogP contribution is 2.31. The number of halogens is 1. The SMILES string of the molecule is C=C1Cc2cc(-c3cncc(F)c3)ccc2N1. The van der Waals surface area contributed by atoms with Gasteiger partial charge in [-0.25, -0.2) is 4.39 Å². The van der Waals surface area contributed by atoms with E-state index in [1.54, 1.807) is 6.20 Å².